The lowest BCUT2D eigenvalue weighted by Crippen LogP contribution is -2.18. The number of rotatable bonds is 5. The molecule has 1 unspecified atom stereocenters. The van der Waals surface area contributed by atoms with Gasteiger partial charge >= 0.3 is 0 Å². The van der Waals surface area contributed by atoms with Crippen LogP contribution in [0, 0.1) is 5.82 Å². The Kier molecular flexibility index (Phi) is 4.99. The van der Waals surface area contributed by atoms with Gasteiger partial charge in [0.15, 0.2) is 0 Å². The Morgan fingerprint density at radius 2 is 1.95 bits per heavy atom. The van der Waals surface area contributed by atoms with Crippen molar-refractivity contribution >= 4 is 11.6 Å². The standard InChI is InChI=1S/C16H17ClFNO/c1-3-19-11(2)13-6-4-5-7-15(13)20-16-9-8-12(18)10-14(16)17/h4-11,19H,3H2,1-2H3. The fraction of sp³-hybridized carbons (Fsp3) is 0.250. The normalized spacial score (nSPS) is 12.2. The molecule has 0 amide bonds. The predicted molar refractivity (Wildman–Crippen MR) is 80.0 cm³/mol. The van der Waals surface area contributed by atoms with Crippen molar-refractivity contribution in [1.82, 2.24) is 5.32 Å². The Labute approximate surface area is 123 Å². The van der Waals surface area contributed by atoms with Crippen molar-refractivity contribution in [3.8, 4) is 11.5 Å². The SMILES string of the molecule is CCNC(C)c1ccccc1Oc1ccc(F)cc1Cl. The Morgan fingerprint density at radius 3 is 2.65 bits per heavy atom. The number of hydrogen-bond donors (Lipinski definition) is 1. The fourth-order valence-electron chi connectivity index (χ4n) is 2.02. The third-order valence-electron chi connectivity index (χ3n) is 3.01. The van der Waals surface area contributed by atoms with Crippen molar-refractivity contribution in [3.63, 3.8) is 0 Å². The topological polar surface area (TPSA) is 21.3 Å². The van der Waals surface area contributed by atoms with E-state index in [-0.39, 0.29) is 16.9 Å². The van der Waals surface area contributed by atoms with Crippen LogP contribution in [0.4, 0.5) is 4.39 Å². The highest BCUT2D eigenvalue weighted by Crippen LogP contribution is 2.33. The molecule has 2 nitrogen and oxygen atoms in total. The summed E-state index contributed by atoms with van der Waals surface area (Å²) in [6.07, 6.45) is 0. The largest absolute Gasteiger partial charge is 0.455 e. The van der Waals surface area contributed by atoms with E-state index in [2.05, 4.69) is 19.2 Å². The zero-order valence-corrected chi connectivity index (χ0v) is 12.2. The monoisotopic (exact) mass is 293 g/mol. The van der Waals surface area contributed by atoms with E-state index in [1.54, 1.807) is 0 Å². The minimum Gasteiger partial charge on any atom is -0.455 e. The van der Waals surface area contributed by atoms with Gasteiger partial charge < -0.3 is 10.1 Å². The molecule has 20 heavy (non-hydrogen) atoms. The molecule has 106 valence electrons. The summed E-state index contributed by atoms with van der Waals surface area (Å²) in [7, 11) is 0. The van der Waals surface area contributed by atoms with E-state index in [4.69, 9.17) is 16.3 Å². The Balaban J connectivity index is 2.29. The number of halogens is 2. The van der Waals surface area contributed by atoms with Gasteiger partial charge in [0.2, 0.25) is 0 Å². The quantitative estimate of drug-likeness (QED) is 0.843. The van der Waals surface area contributed by atoms with Crippen LogP contribution >= 0.6 is 11.6 Å². The van der Waals surface area contributed by atoms with Crippen molar-refractivity contribution in [2.24, 2.45) is 0 Å². The maximum absolute atomic E-state index is 13.0. The second-order valence-electron chi connectivity index (χ2n) is 4.49. The zero-order valence-electron chi connectivity index (χ0n) is 11.5. The van der Waals surface area contributed by atoms with Crippen LogP contribution in [0.2, 0.25) is 5.02 Å². The molecule has 4 heteroatoms. The number of benzene rings is 2. The average Bonchev–Trinajstić information content (AvgIpc) is 2.43. The maximum Gasteiger partial charge on any atom is 0.146 e. The molecule has 0 aliphatic rings. The lowest BCUT2D eigenvalue weighted by atomic mass is 10.1. The summed E-state index contributed by atoms with van der Waals surface area (Å²) in [6.45, 7) is 4.99. The lowest BCUT2D eigenvalue weighted by molar-refractivity contribution is 0.462. The molecule has 1 atom stereocenters. The van der Waals surface area contributed by atoms with Crippen molar-refractivity contribution < 1.29 is 9.13 Å². The van der Waals surface area contributed by atoms with Gasteiger partial charge in [0, 0.05) is 11.6 Å². The average molecular weight is 294 g/mol. The van der Waals surface area contributed by atoms with Gasteiger partial charge in [0.05, 0.1) is 5.02 Å². The number of para-hydroxylation sites is 1. The van der Waals surface area contributed by atoms with Crippen LogP contribution in [0.25, 0.3) is 0 Å². The van der Waals surface area contributed by atoms with E-state index in [0.717, 1.165) is 17.9 Å². The fourth-order valence-corrected chi connectivity index (χ4v) is 2.23. The molecular weight excluding hydrogens is 277 g/mol. The van der Waals surface area contributed by atoms with Crippen molar-refractivity contribution in [3.05, 3.63) is 58.9 Å². The molecule has 2 aromatic rings. The van der Waals surface area contributed by atoms with Crippen molar-refractivity contribution in [1.29, 1.82) is 0 Å². The van der Waals surface area contributed by atoms with Gasteiger partial charge in [-0.25, -0.2) is 4.39 Å². The molecule has 1 N–H and O–H groups in total. The van der Waals surface area contributed by atoms with Gasteiger partial charge in [0.25, 0.3) is 0 Å². The Bertz CT molecular complexity index is 588. The van der Waals surface area contributed by atoms with Crippen LogP contribution in [0.5, 0.6) is 11.5 Å². The Morgan fingerprint density at radius 1 is 1.20 bits per heavy atom. The van der Waals surface area contributed by atoms with Crippen LogP contribution in [-0.4, -0.2) is 6.54 Å². The second kappa shape index (κ2) is 6.73. The lowest BCUT2D eigenvalue weighted by Gasteiger charge is -2.17. The van der Waals surface area contributed by atoms with Crippen LogP contribution < -0.4 is 10.1 Å². The summed E-state index contributed by atoms with van der Waals surface area (Å²) in [6, 6.07) is 12.0. The highest BCUT2D eigenvalue weighted by molar-refractivity contribution is 6.32. The van der Waals surface area contributed by atoms with Crippen molar-refractivity contribution in [2.45, 2.75) is 19.9 Å². The first kappa shape index (κ1) is 14.8. The molecule has 0 bridgehead atoms. The molecule has 2 rings (SSSR count). The van der Waals surface area contributed by atoms with Gasteiger partial charge in [0.1, 0.15) is 17.3 Å². The van der Waals surface area contributed by atoms with Gasteiger partial charge in [-0.05, 0) is 37.7 Å². The molecule has 0 heterocycles. The van der Waals surface area contributed by atoms with E-state index in [1.165, 1.54) is 18.2 Å². The van der Waals surface area contributed by atoms with Crippen LogP contribution in [0.15, 0.2) is 42.5 Å². The molecule has 0 fully saturated rings. The highest BCUT2D eigenvalue weighted by Gasteiger charge is 2.12. The van der Waals surface area contributed by atoms with E-state index < -0.39 is 0 Å². The molecular formula is C16H17ClFNO. The van der Waals surface area contributed by atoms with E-state index >= 15 is 0 Å². The summed E-state index contributed by atoms with van der Waals surface area (Å²) in [5.74, 6) is 0.787. The molecule has 0 aliphatic carbocycles. The first-order valence-electron chi connectivity index (χ1n) is 6.57. The summed E-state index contributed by atoms with van der Waals surface area (Å²) in [4.78, 5) is 0. The predicted octanol–water partition coefficient (Wildman–Crippen LogP) is 4.94. The zero-order chi connectivity index (χ0) is 14.5. The molecule has 0 aliphatic heterocycles. The van der Waals surface area contributed by atoms with Crippen LogP contribution in [0.1, 0.15) is 25.5 Å². The third kappa shape index (κ3) is 3.50. The molecule has 0 saturated carbocycles. The minimum atomic E-state index is -0.378. The van der Waals surface area contributed by atoms with E-state index in [9.17, 15) is 4.39 Å². The maximum atomic E-state index is 13.0. The molecule has 0 saturated heterocycles. The molecule has 0 radical (unpaired) electrons. The summed E-state index contributed by atoms with van der Waals surface area (Å²) < 4.78 is 18.9. The number of hydrogen-bond acceptors (Lipinski definition) is 2. The third-order valence-corrected chi connectivity index (χ3v) is 3.31. The summed E-state index contributed by atoms with van der Waals surface area (Å²) in [5, 5.41) is 3.60. The van der Waals surface area contributed by atoms with Gasteiger partial charge in [-0.2, -0.15) is 0 Å². The number of nitrogens with one attached hydrogen (secondary N) is 1. The smallest absolute Gasteiger partial charge is 0.146 e. The first-order valence-corrected chi connectivity index (χ1v) is 6.94. The van der Waals surface area contributed by atoms with E-state index in [0.29, 0.717) is 5.75 Å². The second-order valence-corrected chi connectivity index (χ2v) is 4.90. The Hall–Kier alpha value is -1.58. The van der Waals surface area contributed by atoms with Crippen LogP contribution in [-0.2, 0) is 0 Å². The molecule has 0 aromatic heterocycles. The minimum absolute atomic E-state index is 0.162. The van der Waals surface area contributed by atoms with Crippen molar-refractivity contribution in [2.75, 3.05) is 6.54 Å². The number of ether oxygens (including phenoxy) is 1. The summed E-state index contributed by atoms with van der Waals surface area (Å²) in [5.41, 5.74) is 1.04. The van der Waals surface area contributed by atoms with Gasteiger partial charge in [-0.1, -0.05) is 36.7 Å². The van der Waals surface area contributed by atoms with Gasteiger partial charge in [-0.15, -0.1) is 0 Å². The summed E-state index contributed by atoms with van der Waals surface area (Å²) >= 11 is 5.99. The highest BCUT2D eigenvalue weighted by atomic mass is 35.5. The molecule has 2 aromatic carbocycles. The van der Waals surface area contributed by atoms with Crippen LogP contribution in [0.3, 0.4) is 0 Å². The first-order chi connectivity index (χ1) is 9.61. The van der Waals surface area contributed by atoms with E-state index in [1.807, 2.05) is 24.3 Å². The van der Waals surface area contributed by atoms with Gasteiger partial charge in [-0.3, -0.25) is 0 Å². The molecule has 0 spiro atoms.